The Balaban J connectivity index is 2.29. The van der Waals surface area contributed by atoms with E-state index in [2.05, 4.69) is 79.9 Å². The molecule has 0 amide bonds. The van der Waals surface area contributed by atoms with Crippen molar-refractivity contribution in [3.05, 3.63) is 65.9 Å². The van der Waals surface area contributed by atoms with Crippen LogP contribution in [0.15, 0.2) is 54.6 Å². The highest BCUT2D eigenvalue weighted by atomic mass is 15.0. The van der Waals surface area contributed by atoms with Gasteiger partial charge in [-0.1, -0.05) is 50.2 Å². The zero-order valence-corrected chi connectivity index (χ0v) is 12.4. The molecule has 0 aliphatic heterocycles. The maximum absolute atomic E-state index is 2.42. The van der Waals surface area contributed by atoms with E-state index in [1.165, 1.54) is 27.8 Å². The Bertz CT molecular complexity index is 734. The van der Waals surface area contributed by atoms with Gasteiger partial charge in [-0.3, -0.25) is 0 Å². The largest absolute Gasteiger partial charge is 0.313 e. The molecule has 20 heavy (non-hydrogen) atoms. The molecule has 1 nitrogen and oxygen atoms in total. The van der Waals surface area contributed by atoms with Gasteiger partial charge in [-0.25, -0.2) is 0 Å². The standard InChI is InChI=1S/C19H21N/c1-14(2)12-17-13-16-9-5-7-11-19(16)20(17)18-10-6-4-8-15(18)3/h4-11,13-14H,12H2,1-3H3. The van der Waals surface area contributed by atoms with Crippen LogP contribution in [0.3, 0.4) is 0 Å². The summed E-state index contributed by atoms with van der Waals surface area (Å²) in [6.07, 6.45) is 1.10. The summed E-state index contributed by atoms with van der Waals surface area (Å²) in [7, 11) is 0. The number of benzene rings is 2. The van der Waals surface area contributed by atoms with Gasteiger partial charge in [0, 0.05) is 16.8 Å². The Hall–Kier alpha value is -2.02. The summed E-state index contributed by atoms with van der Waals surface area (Å²) >= 11 is 0. The van der Waals surface area contributed by atoms with Crippen molar-refractivity contribution in [2.75, 3.05) is 0 Å². The second-order valence-electron chi connectivity index (χ2n) is 5.91. The third-order valence-corrected chi connectivity index (χ3v) is 3.76. The number of aryl methyl sites for hydroxylation is 1. The van der Waals surface area contributed by atoms with E-state index in [-0.39, 0.29) is 0 Å². The second-order valence-corrected chi connectivity index (χ2v) is 5.91. The molecule has 0 unspecified atom stereocenters. The van der Waals surface area contributed by atoms with E-state index in [4.69, 9.17) is 0 Å². The van der Waals surface area contributed by atoms with Gasteiger partial charge in [0.1, 0.15) is 0 Å². The van der Waals surface area contributed by atoms with Crippen molar-refractivity contribution in [1.82, 2.24) is 4.57 Å². The fraction of sp³-hybridized carbons (Fsp3) is 0.263. The van der Waals surface area contributed by atoms with Gasteiger partial charge in [0.05, 0.1) is 5.52 Å². The molecule has 3 rings (SSSR count). The van der Waals surface area contributed by atoms with E-state index >= 15 is 0 Å². The molecule has 102 valence electrons. The number of hydrogen-bond donors (Lipinski definition) is 0. The molecule has 1 aromatic heterocycles. The molecule has 3 aromatic rings. The Morgan fingerprint density at radius 3 is 2.40 bits per heavy atom. The number of hydrogen-bond acceptors (Lipinski definition) is 0. The summed E-state index contributed by atoms with van der Waals surface area (Å²) in [6, 6.07) is 19.6. The number of rotatable bonds is 3. The maximum Gasteiger partial charge on any atom is 0.0531 e. The minimum Gasteiger partial charge on any atom is -0.313 e. The minimum absolute atomic E-state index is 0.655. The normalized spacial score (nSPS) is 11.4. The molecule has 0 N–H and O–H groups in total. The highest BCUT2D eigenvalue weighted by Crippen LogP contribution is 2.27. The Labute approximate surface area is 120 Å². The van der Waals surface area contributed by atoms with E-state index < -0.39 is 0 Å². The molecule has 0 saturated heterocycles. The first-order valence-electron chi connectivity index (χ1n) is 7.32. The SMILES string of the molecule is Cc1ccccc1-n1c(CC(C)C)cc2ccccc21. The monoisotopic (exact) mass is 263 g/mol. The van der Waals surface area contributed by atoms with Gasteiger partial charge in [0.15, 0.2) is 0 Å². The molecule has 0 fully saturated rings. The predicted molar refractivity (Wildman–Crippen MR) is 86.6 cm³/mol. The molecule has 0 aliphatic carbocycles. The van der Waals surface area contributed by atoms with Crippen LogP contribution in [0.2, 0.25) is 0 Å². The van der Waals surface area contributed by atoms with Crippen LogP contribution in [-0.2, 0) is 6.42 Å². The van der Waals surface area contributed by atoms with E-state index in [1.54, 1.807) is 0 Å². The Morgan fingerprint density at radius 2 is 1.65 bits per heavy atom. The van der Waals surface area contributed by atoms with Crippen LogP contribution in [0.5, 0.6) is 0 Å². The number of fused-ring (bicyclic) bond motifs is 1. The third kappa shape index (κ3) is 2.24. The van der Waals surface area contributed by atoms with Crippen LogP contribution in [-0.4, -0.2) is 4.57 Å². The van der Waals surface area contributed by atoms with Gasteiger partial charge >= 0.3 is 0 Å². The topological polar surface area (TPSA) is 4.93 Å². The molecule has 0 aliphatic rings. The smallest absolute Gasteiger partial charge is 0.0531 e. The lowest BCUT2D eigenvalue weighted by atomic mass is 10.1. The molecule has 1 heteroatoms. The van der Waals surface area contributed by atoms with Crippen LogP contribution in [0.1, 0.15) is 25.1 Å². The van der Waals surface area contributed by atoms with E-state index in [0.717, 1.165) is 6.42 Å². The van der Waals surface area contributed by atoms with Crippen molar-refractivity contribution in [2.24, 2.45) is 5.92 Å². The van der Waals surface area contributed by atoms with Gasteiger partial charge in [-0.05, 0) is 43.0 Å². The van der Waals surface area contributed by atoms with Crippen LogP contribution in [0.4, 0.5) is 0 Å². The molecule has 1 heterocycles. The van der Waals surface area contributed by atoms with Crippen molar-refractivity contribution in [1.29, 1.82) is 0 Å². The highest BCUT2D eigenvalue weighted by Gasteiger charge is 2.12. The van der Waals surface area contributed by atoms with Gasteiger partial charge in [-0.15, -0.1) is 0 Å². The van der Waals surface area contributed by atoms with Gasteiger partial charge < -0.3 is 4.57 Å². The zero-order chi connectivity index (χ0) is 14.1. The quantitative estimate of drug-likeness (QED) is 0.617. The van der Waals surface area contributed by atoms with Crippen LogP contribution >= 0.6 is 0 Å². The molecule has 2 aromatic carbocycles. The van der Waals surface area contributed by atoms with E-state index in [9.17, 15) is 0 Å². The number of nitrogens with zero attached hydrogens (tertiary/aromatic N) is 1. The number of para-hydroxylation sites is 2. The molecule has 0 saturated carbocycles. The average Bonchev–Trinajstić information content (AvgIpc) is 2.76. The fourth-order valence-corrected chi connectivity index (χ4v) is 2.88. The lowest BCUT2D eigenvalue weighted by Gasteiger charge is -2.14. The lowest BCUT2D eigenvalue weighted by molar-refractivity contribution is 0.629. The molecular formula is C19H21N. The Kier molecular flexibility index (Phi) is 3.35. The summed E-state index contributed by atoms with van der Waals surface area (Å²) < 4.78 is 2.42. The minimum atomic E-state index is 0.655. The molecule has 0 radical (unpaired) electrons. The first-order valence-corrected chi connectivity index (χ1v) is 7.32. The molecular weight excluding hydrogens is 242 g/mol. The van der Waals surface area contributed by atoms with Crippen LogP contribution in [0.25, 0.3) is 16.6 Å². The average molecular weight is 263 g/mol. The summed E-state index contributed by atoms with van der Waals surface area (Å²) in [5.41, 5.74) is 5.32. The van der Waals surface area contributed by atoms with Crippen molar-refractivity contribution in [2.45, 2.75) is 27.2 Å². The van der Waals surface area contributed by atoms with E-state index in [1.807, 2.05) is 0 Å². The highest BCUT2D eigenvalue weighted by molar-refractivity contribution is 5.83. The van der Waals surface area contributed by atoms with Crippen molar-refractivity contribution >= 4 is 10.9 Å². The summed E-state index contributed by atoms with van der Waals surface area (Å²) in [5.74, 6) is 0.655. The first-order chi connectivity index (χ1) is 9.66. The molecule has 0 bridgehead atoms. The maximum atomic E-state index is 2.42. The van der Waals surface area contributed by atoms with Crippen LogP contribution in [0, 0.1) is 12.8 Å². The molecule has 0 atom stereocenters. The van der Waals surface area contributed by atoms with Gasteiger partial charge in [0.25, 0.3) is 0 Å². The number of aromatic nitrogens is 1. The summed E-state index contributed by atoms with van der Waals surface area (Å²) in [4.78, 5) is 0. The molecule has 0 spiro atoms. The van der Waals surface area contributed by atoms with E-state index in [0.29, 0.717) is 5.92 Å². The van der Waals surface area contributed by atoms with Crippen LogP contribution < -0.4 is 0 Å². The van der Waals surface area contributed by atoms with Crippen molar-refractivity contribution in [3.8, 4) is 5.69 Å². The van der Waals surface area contributed by atoms with Crippen molar-refractivity contribution in [3.63, 3.8) is 0 Å². The van der Waals surface area contributed by atoms with Crippen molar-refractivity contribution < 1.29 is 0 Å². The second kappa shape index (κ2) is 5.16. The summed E-state index contributed by atoms with van der Waals surface area (Å²) in [5, 5.41) is 1.33. The third-order valence-electron chi connectivity index (χ3n) is 3.76. The first kappa shape index (κ1) is 13.0. The fourth-order valence-electron chi connectivity index (χ4n) is 2.88. The predicted octanol–water partition coefficient (Wildman–Crippen LogP) is 5.14. The summed E-state index contributed by atoms with van der Waals surface area (Å²) in [6.45, 7) is 6.74. The lowest BCUT2D eigenvalue weighted by Crippen LogP contribution is -2.04. The Morgan fingerprint density at radius 1 is 0.950 bits per heavy atom. The zero-order valence-electron chi connectivity index (χ0n) is 12.4. The van der Waals surface area contributed by atoms with Gasteiger partial charge in [0.2, 0.25) is 0 Å². The van der Waals surface area contributed by atoms with Gasteiger partial charge in [-0.2, -0.15) is 0 Å².